The van der Waals surface area contributed by atoms with Gasteiger partial charge in [-0.15, -0.1) is 0 Å². The maximum atomic E-state index is 8.65. The SMILES string of the molecule is CC(CC(N)=S)Cc1ccc(C#N)cc1. The molecule has 1 aromatic carbocycles. The first kappa shape index (κ1) is 11.7. The maximum absolute atomic E-state index is 8.65. The van der Waals surface area contributed by atoms with Crippen molar-refractivity contribution in [1.29, 1.82) is 5.26 Å². The van der Waals surface area contributed by atoms with E-state index >= 15 is 0 Å². The van der Waals surface area contributed by atoms with E-state index < -0.39 is 0 Å². The molecule has 0 spiro atoms. The number of nitrogens with zero attached hydrogens (tertiary/aromatic N) is 1. The van der Waals surface area contributed by atoms with Crippen molar-refractivity contribution in [2.24, 2.45) is 11.7 Å². The van der Waals surface area contributed by atoms with E-state index in [-0.39, 0.29) is 0 Å². The van der Waals surface area contributed by atoms with Gasteiger partial charge in [-0.2, -0.15) is 5.26 Å². The molecule has 0 amide bonds. The number of hydrogen-bond acceptors (Lipinski definition) is 2. The molecule has 1 atom stereocenters. The minimum atomic E-state index is 0.454. The second-order valence-electron chi connectivity index (χ2n) is 3.79. The fraction of sp³-hybridized carbons (Fsp3) is 0.333. The Morgan fingerprint density at radius 3 is 2.53 bits per heavy atom. The van der Waals surface area contributed by atoms with Crippen LogP contribution in [0.3, 0.4) is 0 Å². The normalized spacial score (nSPS) is 11.7. The molecule has 0 fully saturated rings. The van der Waals surface area contributed by atoms with Crippen molar-refractivity contribution in [3.8, 4) is 6.07 Å². The van der Waals surface area contributed by atoms with Crippen LogP contribution in [0.1, 0.15) is 24.5 Å². The monoisotopic (exact) mass is 218 g/mol. The van der Waals surface area contributed by atoms with Gasteiger partial charge in [0.05, 0.1) is 16.6 Å². The van der Waals surface area contributed by atoms with Crippen molar-refractivity contribution >= 4 is 17.2 Å². The van der Waals surface area contributed by atoms with Gasteiger partial charge in [-0.05, 0) is 30.0 Å². The van der Waals surface area contributed by atoms with Gasteiger partial charge in [0.25, 0.3) is 0 Å². The topological polar surface area (TPSA) is 49.8 Å². The zero-order valence-electron chi connectivity index (χ0n) is 8.73. The Morgan fingerprint density at radius 2 is 2.07 bits per heavy atom. The Morgan fingerprint density at radius 1 is 1.47 bits per heavy atom. The van der Waals surface area contributed by atoms with Crippen molar-refractivity contribution in [2.45, 2.75) is 19.8 Å². The molecule has 2 nitrogen and oxygen atoms in total. The predicted molar refractivity (Wildman–Crippen MR) is 65.4 cm³/mol. The first-order valence-electron chi connectivity index (χ1n) is 4.89. The summed E-state index contributed by atoms with van der Waals surface area (Å²) in [6, 6.07) is 9.73. The van der Waals surface area contributed by atoms with Crippen molar-refractivity contribution in [1.82, 2.24) is 0 Å². The molecule has 1 rings (SSSR count). The van der Waals surface area contributed by atoms with E-state index in [1.165, 1.54) is 5.56 Å². The summed E-state index contributed by atoms with van der Waals surface area (Å²) in [5, 5.41) is 8.65. The summed E-state index contributed by atoms with van der Waals surface area (Å²) in [5.41, 5.74) is 7.40. The van der Waals surface area contributed by atoms with Gasteiger partial charge >= 0.3 is 0 Å². The lowest BCUT2D eigenvalue weighted by molar-refractivity contribution is 0.607. The number of hydrogen-bond donors (Lipinski definition) is 1. The zero-order valence-corrected chi connectivity index (χ0v) is 9.55. The number of nitrogens with two attached hydrogens (primary N) is 1. The lowest BCUT2D eigenvalue weighted by Gasteiger charge is -2.09. The molecule has 3 heteroatoms. The lowest BCUT2D eigenvalue weighted by atomic mass is 9.97. The predicted octanol–water partition coefficient (Wildman–Crippen LogP) is 2.41. The highest BCUT2D eigenvalue weighted by Crippen LogP contribution is 2.12. The molecular weight excluding hydrogens is 204 g/mol. The summed E-state index contributed by atoms with van der Waals surface area (Å²) in [6.45, 7) is 2.12. The van der Waals surface area contributed by atoms with Gasteiger partial charge in [0, 0.05) is 6.42 Å². The quantitative estimate of drug-likeness (QED) is 0.789. The average molecular weight is 218 g/mol. The zero-order chi connectivity index (χ0) is 11.3. The van der Waals surface area contributed by atoms with E-state index in [1.807, 2.05) is 24.3 Å². The molecule has 2 N–H and O–H groups in total. The Hall–Kier alpha value is -1.40. The fourth-order valence-electron chi connectivity index (χ4n) is 1.53. The lowest BCUT2D eigenvalue weighted by Crippen LogP contribution is -2.13. The van der Waals surface area contributed by atoms with Crippen LogP contribution in [0.2, 0.25) is 0 Å². The first-order chi connectivity index (χ1) is 7.11. The van der Waals surface area contributed by atoms with Crippen molar-refractivity contribution in [3.05, 3.63) is 35.4 Å². The molecule has 15 heavy (non-hydrogen) atoms. The van der Waals surface area contributed by atoms with Crippen LogP contribution in [-0.2, 0) is 6.42 Å². The van der Waals surface area contributed by atoms with Gasteiger partial charge < -0.3 is 5.73 Å². The van der Waals surface area contributed by atoms with Crippen LogP contribution < -0.4 is 5.73 Å². The Balaban J connectivity index is 2.58. The highest BCUT2D eigenvalue weighted by atomic mass is 32.1. The summed E-state index contributed by atoms with van der Waals surface area (Å²) < 4.78 is 0. The second kappa shape index (κ2) is 5.47. The first-order valence-corrected chi connectivity index (χ1v) is 5.30. The minimum Gasteiger partial charge on any atom is -0.393 e. The summed E-state index contributed by atoms with van der Waals surface area (Å²) >= 11 is 4.86. The summed E-state index contributed by atoms with van der Waals surface area (Å²) in [7, 11) is 0. The van der Waals surface area contributed by atoms with Crippen LogP contribution in [0.4, 0.5) is 0 Å². The smallest absolute Gasteiger partial charge is 0.0991 e. The van der Waals surface area contributed by atoms with Crippen molar-refractivity contribution < 1.29 is 0 Å². The maximum Gasteiger partial charge on any atom is 0.0991 e. The Kier molecular flexibility index (Phi) is 4.26. The van der Waals surface area contributed by atoms with Crippen LogP contribution in [-0.4, -0.2) is 4.99 Å². The van der Waals surface area contributed by atoms with E-state index in [0.29, 0.717) is 16.5 Å². The Labute approximate surface area is 95.7 Å². The van der Waals surface area contributed by atoms with Crippen LogP contribution in [0.5, 0.6) is 0 Å². The minimum absolute atomic E-state index is 0.454. The second-order valence-corrected chi connectivity index (χ2v) is 4.31. The van der Waals surface area contributed by atoms with Gasteiger partial charge in [-0.3, -0.25) is 0 Å². The Bertz CT molecular complexity index is 376. The van der Waals surface area contributed by atoms with Crippen molar-refractivity contribution in [3.63, 3.8) is 0 Å². The largest absolute Gasteiger partial charge is 0.393 e. The third kappa shape index (κ3) is 4.09. The third-order valence-electron chi connectivity index (χ3n) is 2.22. The van der Waals surface area contributed by atoms with E-state index in [2.05, 4.69) is 13.0 Å². The van der Waals surface area contributed by atoms with Crippen LogP contribution in [0.15, 0.2) is 24.3 Å². The molecule has 1 aromatic rings. The highest BCUT2D eigenvalue weighted by molar-refractivity contribution is 7.80. The third-order valence-corrected chi connectivity index (χ3v) is 2.38. The van der Waals surface area contributed by atoms with Gasteiger partial charge in [0.2, 0.25) is 0 Å². The molecule has 0 aliphatic heterocycles. The average Bonchev–Trinajstić information content (AvgIpc) is 2.17. The molecule has 0 heterocycles. The van der Waals surface area contributed by atoms with Gasteiger partial charge in [-0.25, -0.2) is 0 Å². The molecule has 0 aromatic heterocycles. The van der Waals surface area contributed by atoms with Crippen molar-refractivity contribution in [2.75, 3.05) is 0 Å². The van der Waals surface area contributed by atoms with Crippen LogP contribution >= 0.6 is 12.2 Å². The van der Waals surface area contributed by atoms with Crippen LogP contribution in [0, 0.1) is 17.2 Å². The molecular formula is C12H14N2S. The molecule has 1 unspecified atom stereocenters. The number of nitriles is 1. The van der Waals surface area contributed by atoms with E-state index in [9.17, 15) is 0 Å². The van der Waals surface area contributed by atoms with E-state index in [4.69, 9.17) is 23.2 Å². The molecule has 78 valence electrons. The number of benzene rings is 1. The molecule has 0 saturated carbocycles. The molecule has 0 radical (unpaired) electrons. The molecule has 0 aliphatic carbocycles. The molecule has 0 saturated heterocycles. The summed E-state index contributed by atoms with van der Waals surface area (Å²) in [6.07, 6.45) is 1.72. The fourth-order valence-corrected chi connectivity index (χ4v) is 1.82. The van der Waals surface area contributed by atoms with Gasteiger partial charge in [0.15, 0.2) is 0 Å². The number of rotatable bonds is 4. The summed E-state index contributed by atoms with van der Waals surface area (Å²) in [5.74, 6) is 0.454. The van der Waals surface area contributed by atoms with Gasteiger partial charge in [0.1, 0.15) is 0 Å². The van der Waals surface area contributed by atoms with Crippen LogP contribution in [0.25, 0.3) is 0 Å². The number of thiocarbonyl (C=S) groups is 1. The van der Waals surface area contributed by atoms with Gasteiger partial charge in [-0.1, -0.05) is 31.3 Å². The molecule has 0 aliphatic rings. The van der Waals surface area contributed by atoms with E-state index in [0.717, 1.165) is 12.8 Å². The standard InChI is InChI=1S/C12H14N2S/c1-9(7-12(14)15)6-10-2-4-11(8-13)5-3-10/h2-5,9H,6-7H2,1H3,(H2,14,15). The summed E-state index contributed by atoms with van der Waals surface area (Å²) in [4.78, 5) is 0.566. The van der Waals surface area contributed by atoms with E-state index in [1.54, 1.807) is 0 Å². The highest BCUT2D eigenvalue weighted by Gasteiger charge is 2.05. The molecule has 0 bridgehead atoms.